The van der Waals surface area contributed by atoms with Gasteiger partial charge < -0.3 is 23.4 Å². The molecule has 1 N–H and O–H groups in total. The van der Waals surface area contributed by atoms with Crippen molar-refractivity contribution in [3.05, 3.63) is 75.9 Å². The van der Waals surface area contributed by atoms with E-state index >= 15 is 0 Å². The smallest absolute Gasteiger partial charge is 0.257 e. The summed E-state index contributed by atoms with van der Waals surface area (Å²) in [6.45, 7) is 1.83. The molecule has 4 rings (SSSR count). The molecule has 0 saturated heterocycles. The summed E-state index contributed by atoms with van der Waals surface area (Å²) in [5.74, 6) is 1.27. The Morgan fingerprint density at radius 1 is 0.857 bits per heavy atom. The van der Waals surface area contributed by atoms with E-state index in [1.165, 1.54) is 21.3 Å². The van der Waals surface area contributed by atoms with Gasteiger partial charge in [0.15, 0.2) is 11.5 Å². The van der Waals surface area contributed by atoms with Crippen molar-refractivity contribution >= 4 is 22.8 Å². The van der Waals surface area contributed by atoms with Crippen molar-refractivity contribution < 1.29 is 28.2 Å². The summed E-state index contributed by atoms with van der Waals surface area (Å²) in [5, 5.41) is 3.15. The zero-order chi connectivity index (χ0) is 25.1. The van der Waals surface area contributed by atoms with Crippen molar-refractivity contribution in [1.82, 2.24) is 0 Å². The predicted molar refractivity (Wildman–Crippen MR) is 133 cm³/mol. The second-order valence-corrected chi connectivity index (χ2v) is 7.68. The molecule has 0 bridgehead atoms. The first kappa shape index (κ1) is 23.7. The monoisotopic (exact) mass is 475 g/mol. The minimum atomic E-state index is -0.447. The Hall–Kier alpha value is -4.46. The summed E-state index contributed by atoms with van der Waals surface area (Å²) in [6.07, 6.45) is 0. The Morgan fingerprint density at radius 2 is 1.51 bits per heavy atom. The average molecular weight is 475 g/mol. The minimum absolute atomic E-state index is 0.00638. The fourth-order valence-corrected chi connectivity index (χ4v) is 3.85. The summed E-state index contributed by atoms with van der Waals surface area (Å²) in [7, 11) is 6.01. The molecular weight excluding hydrogens is 450 g/mol. The fourth-order valence-electron chi connectivity index (χ4n) is 3.85. The van der Waals surface area contributed by atoms with Crippen LogP contribution in [0.1, 0.15) is 15.9 Å². The summed E-state index contributed by atoms with van der Waals surface area (Å²) in [4.78, 5) is 26.8. The van der Waals surface area contributed by atoms with Crippen LogP contribution in [0.5, 0.6) is 23.0 Å². The van der Waals surface area contributed by atoms with Gasteiger partial charge in [-0.25, -0.2) is 0 Å². The molecule has 0 atom stereocenters. The number of aryl methyl sites for hydroxylation is 1. The van der Waals surface area contributed by atoms with Gasteiger partial charge in [0.25, 0.3) is 5.91 Å². The number of ether oxygens (including phenoxy) is 4. The van der Waals surface area contributed by atoms with Crippen molar-refractivity contribution in [3.63, 3.8) is 0 Å². The number of benzene rings is 3. The Balaban J connectivity index is 1.94. The third kappa shape index (κ3) is 4.38. The molecule has 0 fully saturated rings. The van der Waals surface area contributed by atoms with Gasteiger partial charge in [-0.05, 0) is 60.5 Å². The van der Waals surface area contributed by atoms with Crippen molar-refractivity contribution in [3.8, 4) is 34.1 Å². The van der Waals surface area contributed by atoms with Crippen molar-refractivity contribution in [2.24, 2.45) is 0 Å². The van der Waals surface area contributed by atoms with E-state index in [4.69, 9.17) is 23.4 Å². The molecular formula is C27H25NO7. The second kappa shape index (κ2) is 9.80. The van der Waals surface area contributed by atoms with Gasteiger partial charge in [-0.2, -0.15) is 0 Å². The van der Waals surface area contributed by atoms with Gasteiger partial charge >= 0.3 is 0 Å². The molecule has 0 unspecified atom stereocenters. The number of fused-ring (bicyclic) bond motifs is 1. The number of para-hydroxylation sites is 1. The maximum absolute atomic E-state index is 13.7. The Morgan fingerprint density at radius 3 is 2.09 bits per heavy atom. The van der Waals surface area contributed by atoms with E-state index in [9.17, 15) is 9.59 Å². The number of amides is 1. The molecule has 1 aromatic heterocycles. The van der Waals surface area contributed by atoms with E-state index in [0.29, 0.717) is 45.1 Å². The van der Waals surface area contributed by atoms with Gasteiger partial charge in [0.2, 0.25) is 17.1 Å². The summed E-state index contributed by atoms with van der Waals surface area (Å²) < 4.78 is 27.6. The molecule has 0 aliphatic heterocycles. The lowest BCUT2D eigenvalue weighted by Gasteiger charge is -2.16. The number of carbonyl (C=O) groups is 1. The zero-order valence-electron chi connectivity index (χ0n) is 20.1. The van der Waals surface area contributed by atoms with Crippen LogP contribution in [-0.2, 0) is 0 Å². The highest BCUT2D eigenvalue weighted by molar-refractivity contribution is 6.06. The molecule has 35 heavy (non-hydrogen) atoms. The van der Waals surface area contributed by atoms with E-state index in [0.717, 1.165) is 5.56 Å². The molecule has 8 heteroatoms. The maximum atomic E-state index is 13.7. The topological polar surface area (TPSA) is 96.2 Å². The van der Waals surface area contributed by atoms with Crippen LogP contribution in [0, 0.1) is 6.92 Å². The van der Waals surface area contributed by atoms with Crippen molar-refractivity contribution in [2.75, 3.05) is 33.8 Å². The number of carbonyl (C=O) groups excluding carboxylic acids is 1. The first-order valence-corrected chi connectivity index (χ1v) is 10.7. The lowest BCUT2D eigenvalue weighted by Crippen LogP contribution is -2.17. The molecule has 1 amide bonds. The first-order valence-electron chi connectivity index (χ1n) is 10.7. The van der Waals surface area contributed by atoms with E-state index in [2.05, 4.69) is 5.32 Å². The first-order chi connectivity index (χ1) is 16.9. The van der Waals surface area contributed by atoms with E-state index in [-0.39, 0.29) is 16.9 Å². The van der Waals surface area contributed by atoms with Crippen molar-refractivity contribution in [2.45, 2.75) is 6.92 Å². The van der Waals surface area contributed by atoms with Crippen LogP contribution in [0.15, 0.2) is 63.8 Å². The predicted octanol–water partition coefficient (Wildman–Crippen LogP) is 5.06. The summed E-state index contributed by atoms with van der Waals surface area (Å²) in [6, 6.07) is 15.2. The van der Waals surface area contributed by atoms with Gasteiger partial charge in [0.1, 0.15) is 11.3 Å². The number of rotatable bonds is 7. The molecule has 4 aromatic rings. The molecule has 1 heterocycles. The van der Waals surface area contributed by atoms with Gasteiger partial charge in [-0.15, -0.1) is 0 Å². The number of nitrogens with one attached hydrogen (secondary N) is 1. The molecule has 0 spiro atoms. The molecule has 0 radical (unpaired) electrons. The standard InChI is InChI=1S/C27H25NO7/c1-15-7-6-8-19-23(29)22(17-13-20(32-3)25(34-5)21(14-17)33-4)27(35-24(15)19)28-26(30)16-9-11-18(31-2)12-10-16/h6-14H,1-5H3,(H,28,30). The van der Waals surface area contributed by atoms with Gasteiger partial charge in [-0.3, -0.25) is 14.9 Å². The van der Waals surface area contributed by atoms with Gasteiger partial charge in [-0.1, -0.05) is 12.1 Å². The lowest BCUT2D eigenvalue weighted by molar-refractivity contribution is 0.102. The van der Waals surface area contributed by atoms with E-state index in [1.807, 2.05) is 13.0 Å². The van der Waals surface area contributed by atoms with Crippen LogP contribution in [0.3, 0.4) is 0 Å². The fraction of sp³-hybridized carbons (Fsp3) is 0.185. The number of anilines is 1. The van der Waals surface area contributed by atoms with Crippen LogP contribution < -0.4 is 29.7 Å². The highest BCUT2D eigenvalue weighted by atomic mass is 16.5. The average Bonchev–Trinajstić information content (AvgIpc) is 2.88. The summed E-state index contributed by atoms with van der Waals surface area (Å²) >= 11 is 0. The Bertz CT molecular complexity index is 1430. The quantitative estimate of drug-likeness (QED) is 0.399. The zero-order valence-corrected chi connectivity index (χ0v) is 20.1. The summed E-state index contributed by atoms with van der Waals surface area (Å²) in [5.41, 5.74) is 1.80. The van der Waals surface area contributed by atoms with Crippen LogP contribution in [0.2, 0.25) is 0 Å². The maximum Gasteiger partial charge on any atom is 0.257 e. The third-order valence-electron chi connectivity index (χ3n) is 5.65. The second-order valence-electron chi connectivity index (χ2n) is 7.68. The molecule has 0 aliphatic carbocycles. The van der Waals surface area contributed by atoms with Gasteiger partial charge in [0, 0.05) is 5.56 Å². The van der Waals surface area contributed by atoms with E-state index in [1.54, 1.807) is 55.6 Å². The van der Waals surface area contributed by atoms with E-state index < -0.39 is 5.91 Å². The highest BCUT2D eigenvalue weighted by Gasteiger charge is 2.23. The van der Waals surface area contributed by atoms with Crippen LogP contribution in [0.4, 0.5) is 5.88 Å². The molecule has 3 aromatic carbocycles. The van der Waals surface area contributed by atoms with Crippen LogP contribution in [0.25, 0.3) is 22.1 Å². The molecule has 0 saturated carbocycles. The van der Waals surface area contributed by atoms with Gasteiger partial charge in [0.05, 0.1) is 39.4 Å². The molecule has 180 valence electrons. The number of methoxy groups -OCH3 is 4. The normalized spacial score (nSPS) is 10.7. The largest absolute Gasteiger partial charge is 0.497 e. The van der Waals surface area contributed by atoms with Crippen LogP contribution >= 0.6 is 0 Å². The number of hydrogen-bond donors (Lipinski definition) is 1. The number of hydrogen-bond acceptors (Lipinski definition) is 7. The minimum Gasteiger partial charge on any atom is -0.497 e. The molecule has 8 nitrogen and oxygen atoms in total. The SMILES string of the molecule is COc1ccc(C(=O)Nc2oc3c(C)cccc3c(=O)c2-c2cc(OC)c(OC)c(OC)c2)cc1. The lowest BCUT2D eigenvalue weighted by atomic mass is 10.0. The Labute approximate surface area is 202 Å². The van der Waals surface area contributed by atoms with Crippen molar-refractivity contribution in [1.29, 1.82) is 0 Å². The molecule has 0 aliphatic rings. The Kier molecular flexibility index (Phi) is 6.64. The third-order valence-corrected chi connectivity index (χ3v) is 5.65. The highest BCUT2D eigenvalue weighted by Crippen LogP contribution is 2.42. The van der Waals surface area contributed by atoms with Crippen LogP contribution in [-0.4, -0.2) is 34.3 Å².